The normalized spacial score (nSPS) is 21.6. The summed E-state index contributed by atoms with van der Waals surface area (Å²) in [6.07, 6.45) is 9.73. The molecule has 3 atom stereocenters. The van der Waals surface area contributed by atoms with Crippen LogP contribution in [0.3, 0.4) is 0 Å². The van der Waals surface area contributed by atoms with Crippen LogP contribution in [0.5, 0.6) is 0 Å². The van der Waals surface area contributed by atoms with E-state index in [9.17, 15) is 18.8 Å². The number of nitrogens with zero attached hydrogens (tertiary/aromatic N) is 3. The largest absolute Gasteiger partial charge is 0.444 e. The lowest BCUT2D eigenvalue weighted by molar-refractivity contribution is 0.0251. The van der Waals surface area contributed by atoms with Crippen LogP contribution in [-0.2, 0) is 4.74 Å². The number of allylic oxidation sites excluding steroid dienone is 3. The molecule has 0 spiro atoms. The third kappa shape index (κ3) is 7.61. The Balaban J connectivity index is 1.61. The Bertz CT molecular complexity index is 1120. The lowest BCUT2D eigenvalue weighted by Gasteiger charge is -2.26. The van der Waals surface area contributed by atoms with Crippen molar-refractivity contribution in [3.8, 4) is 6.07 Å². The number of aliphatic imine (C=N–C) groups is 1. The highest BCUT2D eigenvalue weighted by Crippen LogP contribution is 2.56. The average molecular weight is 510 g/mol. The van der Waals surface area contributed by atoms with Crippen LogP contribution in [0.1, 0.15) is 70.9 Å². The van der Waals surface area contributed by atoms with Crippen molar-refractivity contribution >= 4 is 11.8 Å². The van der Waals surface area contributed by atoms with Gasteiger partial charge in [0.15, 0.2) is 0 Å². The standard InChI is InChI=1S/C30H37F2N3O2/c1-6-15-30(31,32)26-19-25(26)21-11-13-22(14-12-21)27-23(20-33)18-24(34-27)10-8-9-17-35(16-7-2)28(36)37-29(3,4)5/h6,8,10-15,18,24-26H,7,9,16-17,19H2,1-5H3/b10-8+,15-6-. The fourth-order valence-electron chi connectivity index (χ4n) is 4.50. The minimum atomic E-state index is -2.79. The molecule has 0 saturated heterocycles. The Morgan fingerprint density at radius 1 is 1.24 bits per heavy atom. The van der Waals surface area contributed by atoms with Crippen LogP contribution in [0.4, 0.5) is 13.6 Å². The number of hydrogen-bond acceptors (Lipinski definition) is 4. The Labute approximate surface area is 219 Å². The summed E-state index contributed by atoms with van der Waals surface area (Å²) in [4.78, 5) is 18.8. The van der Waals surface area contributed by atoms with Crippen molar-refractivity contribution in [2.24, 2.45) is 10.9 Å². The molecule has 37 heavy (non-hydrogen) atoms. The minimum absolute atomic E-state index is 0.152. The van der Waals surface area contributed by atoms with E-state index in [2.05, 4.69) is 6.07 Å². The van der Waals surface area contributed by atoms with Crippen molar-refractivity contribution in [2.75, 3.05) is 13.1 Å². The van der Waals surface area contributed by atoms with Gasteiger partial charge >= 0.3 is 6.09 Å². The zero-order chi connectivity index (χ0) is 27.2. The van der Waals surface area contributed by atoms with Crippen LogP contribution in [0.25, 0.3) is 0 Å². The Hall–Kier alpha value is -3.27. The highest BCUT2D eigenvalue weighted by atomic mass is 19.3. The maximum atomic E-state index is 14.1. The number of benzene rings is 1. The topological polar surface area (TPSA) is 65.7 Å². The van der Waals surface area contributed by atoms with Crippen LogP contribution < -0.4 is 0 Å². The van der Waals surface area contributed by atoms with Crippen LogP contribution in [0.2, 0.25) is 0 Å². The third-order valence-corrected chi connectivity index (χ3v) is 6.32. The summed E-state index contributed by atoms with van der Waals surface area (Å²) in [7, 11) is 0. The highest BCUT2D eigenvalue weighted by Gasteiger charge is 2.53. The Kier molecular flexibility index (Phi) is 9.07. The quantitative estimate of drug-likeness (QED) is 0.313. The molecule has 5 nitrogen and oxygen atoms in total. The summed E-state index contributed by atoms with van der Waals surface area (Å²) >= 11 is 0. The van der Waals surface area contributed by atoms with E-state index >= 15 is 0 Å². The lowest BCUT2D eigenvalue weighted by atomic mass is 10.00. The van der Waals surface area contributed by atoms with E-state index < -0.39 is 17.4 Å². The van der Waals surface area contributed by atoms with E-state index in [0.717, 1.165) is 23.6 Å². The molecule has 0 radical (unpaired) electrons. The molecule has 0 aromatic heterocycles. The second-order valence-electron chi connectivity index (χ2n) is 10.6. The van der Waals surface area contributed by atoms with Crippen molar-refractivity contribution < 1.29 is 18.3 Å². The van der Waals surface area contributed by atoms with Gasteiger partial charge in [0.1, 0.15) is 11.7 Å². The second kappa shape index (κ2) is 11.9. The molecule has 1 fully saturated rings. The van der Waals surface area contributed by atoms with Gasteiger partial charge in [0.2, 0.25) is 0 Å². The van der Waals surface area contributed by atoms with Gasteiger partial charge in [-0.25, -0.2) is 13.6 Å². The SMILES string of the molecule is C/C=C\C(F)(F)C1CC1c1ccc(C2=NC(/C=C/CCN(CCC)C(=O)OC(C)(C)C)C=C2C#N)cc1. The molecule has 1 saturated carbocycles. The first-order chi connectivity index (χ1) is 17.5. The molecule has 1 aliphatic carbocycles. The average Bonchev–Trinajstić information content (AvgIpc) is 3.54. The summed E-state index contributed by atoms with van der Waals surface area (Å²) < 4.78 is 33.8. The molecule has 198 valence electrons. The number of amides is 1. The summed E-state index contributed by atoms with van der Waals surface area (Å²) in [5.41, 5.74) is 2.24. The number of hydrogen-bond donors (Lipinski definition) is 0. The van der Waals surface area contributed by atoms with Gasteiger partial charge in [-0.1, -0.05) is 49.4 Å². The smallest absolute Gasteiger partial charge is 0.410 e. The van der Waals surface area contributed by atoms with Crippen LogP contribution in [0, 0.1) is 17.2 Å². The van der Waals surface area contributed by atoms with Gasteiger partial charge in [-0.05, 0) is 70.6 Å². The number of nitriles is 1. The van der Waals surface area contributed by atoms with E-state index in [0.29, 0.717) is 37.2 Å². The number of carbonyl (C=O) groups is 1. The summed E-state index contributed by atoms with van der Waals surface area (Å²) in [5, 5.41) is 9.63. The maximum Gasteiger partial charge on any atom is 0.410 e. The molecule has 0 bridgehead atoms. The molecule has 2 aliphatic rings. The number of halogens is 2. The fraction of sp³-hybridized carbons (Fsp3) is 0.500. The van der Waals surface area contributed by atoms with Crippen molar-refractivity contribution in [2.45, 2.75) is 77.4 Å². The minimum Gasteiger partial charge on any atom is -0.444 e. The first-order valence-electron chi connectivity index (χ1n) is 13.0. The molecule has 1 aromatic carbocycles. The third-order valence-electron chi connectivity index (χ3n) is 6.32. The molecule has 1 aliphatic heterocycles. The Morgan fingerprint density at radius 3 is 2.54 bits per heavy atom. The van der Waals surface area contributed by atoms with E-state index in [1.54, 1.807) is 11.8 Å². The first kappa shape index (κ1) is 28.3. The molecule has 3 unspecified atom stereocenters. The number of ether oxygens (including phenoxy) is 1. The van der Waals surface area contributed by atoms with Crippen LogP contribution in [-0.4, -0.2) is 47.4 Å². The van der Waals surface area contributed by atoms with E-state index in [-0.39, 0.29) is 18.1 Å². The maximum absolute atomic E-state index is 14.1. The molecule has 0 N–H and O–H groups in total. The van der Waals surface area contributed by atoms with E-state index in [1.807, 2.05) is 70.2 Å². The number of carbonyl (C=O) groups excluding carboxylic acids is 1. The van der Waals surface area contributed by atoms with Crippen LogP contribution >= 0.6 is 0 Å². The predicted molar refractivity (Wildman–Crippen MR) is 143 cm³/mol. The number of alkyl halides is 2. The van der Waals surface area contributed by atoms with Crippen molar-refractivity contribution in [1.29, 1.82) is 5.26 Å². The van der Waals surface area contributed by atoms with Gasteiger partial charge in [0.05, 0.1) is 17.3 Å². The van der Waals surface area contributed by atoms with E-state index in [4.69, 9.17) is 9.73 Å². The molecular weight excluding hydrogens is 472 g/mol. The fourth-order valence-corrected chi connectivity index (χ4v) is 4.50. The second-order valence-corrected chi connectivity index (χ2v) is 10.6. The van der Waals surface area contributed by atoms with Gasteiger partial charge in [-0.3, -0.25) is 4.99 Å². The first-order valence-corrected chi connectivity index (χ1v) is 13.0. The van der Waals surface area contributed by atoms with Gasteiger partial charge in [0.25, 0.3) is 5.92 Å². The Morgan fingerprint density at radius 2 is 1.95 bits per heavy atom. The molecule has 3 rings (SSSR count). The number of rotatable bonds is 10. The molecular formula is C30H37F2N3O2. The molecule has 1 heterocycles. The van der Waals surface area contributed by atoms with Crippen molar-refractivity contribution in [3.63, 3.8) is 0 Å². The van der Waals surface area contributed by atoms with Crippen LogP contribution in [0.15, 0.2) is 65.2 Å². The van der Waals surface area contributed by atoms with Gasteiger partial charge < -0.3 is 9.64 Å². The zero-order valence-corrected chi connectivity index (χ0v) is 22.4. The zero-order valence-electron chi connectivity index (χ0n) is 22.4. The van der Waals surface area contributed by atoms with Gasteiger partial charge in [0, 0.05) is 24.6 Å². The lowest BCUT2D eigenvalue weighted by Crippen LogP contribution is -2.37. The van der Waals surface area contributed by atoms with Crippen molar-refractivity contribution in [1.82, 2.24) is 4.90 Å². The van der Waals surface area contributed by atoms with Gasteiger partial charge in [-0.2, -0.15) is 5.26 Å². The van der Waals surface area contributed by atoms with E-state index in [1.165, 1.54) is 6.08 Å². The monoisotopic (exact) mass is 509 g/mol. The van der Waals surface area contributed by atoms with Crippen molar-refractivity contribution in [3.05, 3.63) is 71.3 Å². The highest BCUT2D eigenvalue weighted by molar-refractivity contribution is 6.16. The summed E-state index contributed by atoms with van der Waals surface area (Å²) in [5.74, 6) is -3.60. The predicted octanol–water partition coefficient (Wildman–Crippen LogP) is 7.22. The molecule has 1 aromatic rings. The molecule has 7 heteroatoms. The summed E-state index contributed by atoms with van der Waals surface area (Å²) in [6.45, 7) is 10.3. The molecule has 1 amide bonds. The van der Waals surface area contributed by atoms with Gasteiger partial charge in [-0.15, -0.1) is 0 Å². The summed E-state index contributed by atoms with van der Waals surface area (Å²) in [6, 6.07) is 9.40.